The third-order valence-corrected chi connectivity index (χ3v) is 6.32. The lowest BCUT2D eigenvalue weighted by Crippen LogP contribution is -2.03. The maximum absolute atomic E-state index is 6.25. The van der Waals surface area contributed by atoms with Crippen molar-refractivity contribution in [3.63, 3.8) is 0 Å². The van der Waals surface area contributed by atoms with Gasteiger partial charge in [0.2, 0.25) is 5.95 Å². The molecule has 4 N–H and O–H groups in total. The number of hydrogen-bond donors (Lipinski definition) is 2. The van der Waals surface area contributed by atoms with Crippen molar-refractivity contribution in [1.29, 1.82) is 0 Å². The topological polar surface area (TPSA) is 121 Å². The molecule has 0 saturated carbocycles. The van der Waals surface area contributed by atoms with Crippen LogP contribution >= 0.6 is 22.7 Å². The third-order valence-electron chi connectivity index (χ3n) is 4.74. The summed E-state index contributed by atoms with van der Waals surface area (Å²) >= 11 is 3.15. The van der Waals surface area contributed by atoms with E-state index in [0.29, 0.717) is 22.5 Å². The smallest absolute Gasteiger partial charge is 0.224 e. The molecule has 0 aliphatic rings. The highest BCUT2D eigenvalue weighted by Gasteiger charge is 2.20. The van der Waals surface area contributed by atoms with Gasteiger partial charge < -0.3 is 11.5 Å². The Morgan fingerprint density at radius 3 is 2.34 bits per heavy atom. The number of nitrogen functional groups attached to an aromatic ring is 2. The van der Waals surface area contributed by atoms with Crippen molar-refractivity contribution in [2.45, 2.75) is 0 Å². The summed E-state index contributed by atoms with van der Waals surface area (Å²) in [5.41, 5.74) is 20.7. The van der Waals surface area contributed by atoms with Crippen LogP contribution in [0.25, 0.3) is 48.4 Å². The maximum atomic E-state index is 6.25. The van der Waals surface area contributed by atoms with Crippen LogP contribution in [0.4, 0.5) is 11.8 Å². The minimum atomic E-state index is 0.111. The molecule has 0 aliphatic carbocycles. The lowest BCUT2D eigenvalue weighted by Gasteiger charge is -2.03. The second-order valence-electron chi connectivity index (χ2n) is 6.47. The molecule has 4 aromatic heterocycles. The third kappa shape index (κ3) is 2.46. The van der Waals surface area contributed by atoms with Crippen molar-refractivity contribution in [3.05, 3.63) is 47.4 Å². The van der Waals surface area contributed by atoms with Crippen LogP contribution in [-0.2, 0) is 0 Å². The molecule has 0 unspecified atom stereocenters. The van der Waals surface area contributed by atoms with Crippen LogP contribution in [0.1, 0.15) is 0 Å². The number of rotatable bonds is 2. The van der Waals surface area contributed by atoms with Crippen LogP contribution < -0.4 is 11.5 Å². The fourth-order valence-electron chi connectivity index (χ4n) is 3.42. The van der Waals surface area contributed by atoms with Crippen LogP contribution in [0.3, 0.4) is 0 Å². The number of thiazole rings is 2. The van der Waals surface area contributed by atoms with E-state index in [9.17, 15) is 0 Å². The summed E-state index contributed by atoms with van der Waals surface area (Å²) in [5, 5.41) is 5.53. The number of aromatic nitrogens is 6. The molecule has 8 nitrogen and oxygen atoms in total. The lowest BCUT2D eigenvalue weighted by molar-refractivity contribution is 0.902. The molecule has 0 atom stereocenters. The molecule has 0 amide bonds. The minimum absolute atomic E-state index is 0.111. The van der Waals surface area contributed by atoms with Crippen molar-refractivity contribution in [2.24, 2.45) is 0 Å². The Bertz CT molecular complexity index is 1540. The Kier molecular flexibility index (Phi) is 3.34. The van der Waals surface area contributed by atoms with Gasteiger partial charge in [0.15, 0.2) is 5.65 Å². The van der Waals surface area contributed by atoms with Gasteiger partial charge in [0.1, 0.15) is 11.5 Å². The van der Waals surface area contributed by atoms with Gasteiger partial charge in [0.05, 0.1) is 42.5 Å². The highest BCUT2D eigenvalue weighted by molar-refractivity contribution is 7.17. The zero-order valence-corrected chi connectivity index (χ0v) is 16.4. The molecule has 2 aromatic carbocycles. The van der Waals surface area contributed by atoms with E-state index in [2.05, 4.69) is 26.0 Å². The van der Waals surface area contributed by atoms with Gasteiger partial charge in [-0.1, -0.05) is 6.07 Å². The Hall–Kier alpha value is -3.63. The second kappa shape index (κ2) is 5.93. The van der Waals surface area contributed by atoms with E-state index in [0.717, 1.165) is 31.7 Å². The van der Waals surface area contributed by atoms with Crippen LogP contribution in [0, 0.1) is 0 Å². The van der Waals surface area contributed by atoms with E-state index < -0.39 is 0 Å². The standard InChI is InChI=1S/C19H12N8S2/c20-17-15-16(9-1-3-11-13(5-9)28-7-22-11)26-27(18(15)25-19(21)24-17)10-2-4-12-14(6-10)29-8-23-12/h1-8H,(H4,20,21,24,25). The number of nitrogens with zero attached hydrogens (tertiary/aromatic N) is 6. The van der Waals surface area contributed by atoms with Gasteiger partial charge in [-0.05, 0) is 30.3 Å². The van der Waals surface area contributed by atoms with Crippen LogP contribution in [-0.4, -0.2) is 29.7 Å². The van der Waals surface area contributed by atoms with Gasteiger partial charge in [0.25, 0.3) is 0 Å². The van der Waals surface area contributed by atoms with E-state index in [1.54, 1.807) is 27.4 Å². The molecule has 0 saturated heterocycles. The number of hydrogen-bond acceptors (Lipinski definition) is 9. The van der Waals surface area contributed by atoms with Gasteiger partial charge >= 0.3 is 0 Å². The molecular formula is C19H12N8S2. The Morgan fingerprint density at radius 2 is 1.55 bits per heavy atom. The summed E-state index contributed by atoms with van der Waals surface area (Å²) in [6.07, 6.45) is 0. The van der Waals surface area contributed by atoms with E-state index in [1.807, 2.05) is 41.4 Å². The van der Waals surface area contributed by atoms with Crippen molar-refractivity contribution >= 4 is 65.9 Å². The molecule has 0 spiro atoms. The molecule has 0 fully saturated rings. The molecule has 0 aliphatic heterocycles. The van der Waals surface area contributed by atoms with Crippen LogP contribution in [0.2, 0.25) is 0 Å². The van der Waals surface area contributed by atoms with Gasteiger partial charge in [-0.25, -0.2) is 14.6 Å². The number of nitrogens with two attached hydrogens (primary N) is 2. The SMILES string of the molecule is Nc1nc(N)c2c(-c3ccc4ncsc4c3)nn(-c3ccc4ncsc4c3)c2n1. The van der Waals surface area contributed by atoms with E-state index in [1.165, 1.54) is 0 Å². The summed E-state index contributed by atoms with van der Waals surface area (Å²) in [5.74, 6) is 0.413. The van der Waals surface area contributed by atoms with E-state index in [-0.39, 0.29) is 5.95 Å². The first-order valence-corrected chi connectivity index (χ1v) is 10.4. The summed E-state index contributed by atoms with van der Waals surface area (Å²) < 4.78 is 3.90. The summed E-state index contributed by atoms with van der Waals surface area (Å²) in [4.78, 5) is 17.3. The zero-order valence-electron chi connectivity index (χ0n) is 14.8. The summed E-state index contributed by atoms with van der Waals surface area (Å²) in [6.45, 7) is 0. The average molecular weight is 416 g/mol. The highest BCUT2D eigenvalue weighted by Crippen LogP contribution is 2.35. The molecule has 4 heterocycles. The Morgan fingerprint density at radius 1 is 0.828 bits per heavy atom. The van der Waals surface area contributed by atoms with Crippen molar-refractivity contribution in [3.8, 4) is 16.9 Å². The first-order chi connectivity index (χ1) is 14.2. The fraction of sp³-hybridized carbons (Fsp3) is 0. The first-order valence-electron chi connectivity index (χ1n) is 8.66. The number of benzene rings is 2. The quantitative estimate of drug-likeness (QED) is 0.439. The normalized spacial score (nSPS) is 11.7. The molecule has 0 bridgehead atoms. The Balaban J connectivity index is 1.67. The van der Waals surface area contributed by atoms with Gasteiger partial charge in [-0.15, -0.1) is 22.7 Å². The summed E-state index contributed by atoms with van der Waals surface area (Å²) in [6, 6.07) is 12.0. The predicted molar refractivity (Wildman–Crippen MR) is 117 cm³/mol. The average Bonchev–Trinajstić information content (AvgIpc) is 3.44. The zero-order chi connectivity index (χ0) is 19.5. The highest BCUT2D eigenvalue weighted by atomic mass is 32.1. The van der Waals surface area contributed by atoms with Gasteiger partial charge in [-0.2, -0.15) is 15.1 Å². The molecule has 10 heteroatoms. The lowest BCUT2D eigenvalue weighted by atomic mass is 10.1. The molecule has 140 valence electrons. The summed E-state index contributed by atoms with van der Waals surface area (Å²) in [7, 11) is 0. The Labute approximate surface area is 171 Å². The van der Waals surface area contributed by atoms with Gasteiger partial charge in [-0.3, -0.25) is 0 Å². The predicted octanol–water partition coefficient (Wildman–Crippen LogP) is 3.87. The molecule has 0 radical (unpaired) electrons. The van der Waals surface area contributed by atoms with Crippen LogP contribution in [0.5, 0.6) is 0 Å². The second-order valence-corrected chi connectivity index (χ2v) is 8.24. The number of fused-ring (bicyclic) bond motifs is 3. The first kappa shape index (κ1) is 16.3. The minimum Gasteiger partial charge on any atom is -0.383 e. The number of anilines is 2. The van der Waals surface area contributed by atoms with E-state index in [4.69, 9.17) is 16.6 Å². The van der Waals surface area contributed by atoms with E-state index >= 15 is 0 Å². The van der Waals surface area contributed by atoms with Crippen molar-refractivity contribution in [2.75, 3.05) is 11.5 Å². The molecule has 6 rings (SSSR count). The monoisotopic (exact) mass is 416 g/mol. The van der Waals surface area contributed by atoms with Crippen molar-refractivity contribution in [1.82, 2.24) is 29.7 Å². The molecule has 6 aromatic rings. The van der Waals surface area contributed by atoms with Gasteiger partial charge in [0, 0.05) is 5.56 Å². The fourth-order valence-corrected chi connectivity index (χ4v) is 4.85. The molecular weight excluding hydrogens is 404 g/mol. The van der Waals surface area contributed by atoms with Crippen molar-refractivity contribution < 1.29 is 0 Å². The van der Waals surface area contributed by atoms with Crippen LogP contribution in [0.15, 0.2) is 47.4 Å². The maximum Gasteiger partial charge on any atom is 0.224 e. The molecule has 29 heavy (non-hydrogen) atoms. The largest absolute Gasteiger partial charge is 0.383 e.